The third-order valence-corrected chi connectivity index (χ3v) is 5.00. The Bertz CT molecular complexity index is 878. The van der Waals surface area contributed by atoms with Crippen molar-refractivity contribution in [1.29, 1.82) is 0 Å². The Labute approximate surface area is 143 Å². The molecule has 7 heteroatoms. The van der Waals surface area contributed by atoms with Gasteiger partial charge in [0.05, 0.1) is 23.8 Å². The number of rotatable bonds is 2. The summed E-state index contributed by atoms with van der Waals surface area (Å²) in [6.07, 6.45) is 1.71. The van der Waals surface area contributed by atoms with Crippen LogP contribution in [0, 0.1) is 0 Å². The number of hydrogen-bond acceptors (Lipinski definition) is 6. The summed E-state index contributed by atoms with van der Waals surface area (Å²) < 4.78 is 11.0. The topological polar surface area (TPSA) is 68.5 Å². The highest BCUT2D eigenvalue weighted by molar-refractivity contribution is 7.17. The lowest BCUT2D eigenvalue weighted by molar-refractivity contribution is -0.0585. The molecule has 0 saturated carbocycles. The van der Waals surface area contributed by atoms with Gasteiger partial charge in [0, 0.05) is 13.1 Å². The molecule has 24 heavy (non-hydrogen) atoms. The first-order valence-corrected chi connectivity index (χ1v) is 8.69. The van der Waals surface area contributed by atoms with Crippen LogP contribution in [0.2, 0.25) is 0 Å². The van der Waals surface area contributed by atoms with E-state index in [2.05, 4.69) is 10.1 Å². The number of benzene rings is 1. The second kappa shape index (κ2) is 5.99. The van der Waals surface area contributed by atoms with Crippen molar-refractivity contribution in [3.05, 3.63) is 35.3 Å². The van der Waals surface area contributed by atoms with Gasteiger partial charge in [-0.15, -0.1) is 11.3 Å². The number of para-hydroxylation sites is 1. The molecule has 1 aliphatic rings. The van der Waals surface area contributed by atoms with E-state index in [4.69, 9.17) is 9.26 Å². The number of aromatic nitrogens is 2. The lowest BCUT2D eigenvalue weighted by Gasteiger charge is -2.34. The summed E-state index contributed by atoms with van der Waals surface area (Å²) in [6.45, 7) is 5.16. The van der Waals surface area contributed by atoms with E-state index in [9.17, 15) is 4.79 Å². The Hall–Kier alpha value is -2.25. The van der Waals surface area contributed by atoms with E-state index in [0.717, 1.165) is 5.39 Å². The lowest BCUT2D eigenvalue weighted by atomic mass is 10.2. The van der Waals surface area contributed by atoms with Crippen LogP contribution in [0.1, 0.15) is 23.5 Å². The number of carbonyl (C=O) groups excluding carboxylic acids is 1. The first kappa shape index (κ1) is 15.3. The number of nitrogens with zero attached hydrogens (tertiary/aromatic N) is 3. The van der Waals surface area contributed by atoms with Gasteiger partial charge in [-0.2, -0.15) is 0 Å². The minimum Gasteiger partial charge on any atom is -0.372 e. The van der Waals surface area contributed by atoms with E-state index in [-0.39, 0.29) is 18.1 Å². The number of morpholine rings is 1. The largest absolute Gasteiger partial charge is 0.372 e. The predicted octanol–water partition coefficient (Wildman–Crippen LogP) is 3.20. The van der Waals surface area contributed by atoms with Gasteiger partial charge in [-0.05, 0) is 26.0 Å². The average molecular weight is 343 g/mol. The molecule has 3 aromatic rings. The van der Waals surface area contributed by atoms with Crippen LogP contribution in [-0.4, -0.2) is 46.2 Å². The zero-order valence-electron chi connectivity index (χ0n) is 13.4. The Morgan fingerprint density at radius 1 is 1.25 bits per heavy atom. The average Bonchev–Trinajstić information content (AvgIpc) is 3.19. The van der Waals surface area contributed by atoms with Gasteiger partial charge in [0.25, 0.3) is 5.91 Å². The van der Waals surface area contributed by atoms with Crippen LogP contribution in [0.3, 0.4) is 0 Å². The van der Waals surface area contributed by atoms with E-state index in [1.165, 1.54) is 11.3 Å². The van der Waals surface area contributed by atoms with E-state index >= 15 is 0 Å². The Kier molecular flexibility index (Phi) is 3.82. The van der Waals surface area contributed by atoms with Crippen LogP contribution in [-0.2, 0) is 4.74 Å². The second-order valence-corrected chi connectivity index (χ2v) is 7.06. The summed E-state index contributed by atoms with van der Waals surface area (Å²) >= 11 is 1.34. The molecule has 4 rings (SSSR count). The standard InChI is InChI=1S/C17H17N3O3S/c1-10-8-20(9-11(2)22-10)17(21)14-7-18-16(24-14)15-12-5-3-4-6-13(12)23-19-15/h3-7,10-11H,8-9H2,1-2H3. The first-order valence-electron chi connectivity index (χ1n) is 7.87. The fourth-order valence-electron chi connectivity index (χ4n) is 3.02. The van der Waals surface area contributed by atoms with Crippen LogP contribution >= 0.6 is 11.3 Å². The van der Waals surface area contributed by atoms with Gasteiger partial charge in [-0.3, -0.25) is 4.79 Å². The van der Waals surface area contributed by atoms with Gasteiger partial charge in [-0.25, -0.2) is 4.98 Å². The molecule has 2 unspecified atom stereocenters. The van der Waals surface area contributed by atoms with Crippen LogP contribution in [0.4, 0.5) is 0 Å². The molecule has 1 aliphatic heterocycles. The molecule has 1 fully saturated rings. The van der Waals surface area contributed by atoms with Crippen LogP contribution in [0.15, 0.2) is 35.0 Å². The molecule has 1 aromatic carbocycles. The Morgan fingerprint density at radius 2 is 2.00 bits per heavy atom. The molecule has 2 aromatic heterocycles. The number of fused-ring (bicyclic) bond motifs is 1. The predicted molar refractivity (Wildman–Crippen MR) is 91.0 cm³/mol. The molecule has 0 aliphatic carbocycles. The van der Waals surface area contributed by atoms with Crippen molar-refractivity contribution >= 4 is 28.2 Å². The van der Waals surface area contributed by atoms with Crippen molar-refractivity contribution in [3.8, 4) is 10.7 Å². The number of thiazole rings is 1. The fraction of sp³-hybridized carbons (Fsp3) is 0.353. The number of hydrogen-bond donors (Lipinski definition) is 0. The highest BCUT2D eigenvalue weighted by atomic mass is 32.1. The zero-order valence-corrected chi connectivity index (χ0v) is 14.2. The molecule has 1 amide bonds. The van der Waals surface area contributed by atoms with Gasteiger partial charge in [0.1, 0.15) is 15.6 Å². The monoisotopic (exact) mass is 343 g/mol. The highest BCUT2D eigenvalue weighted by Gasteiger charge is 2.28. The third-order valence-electron chi connectivity index (χ3n) is 4.00. The Morgan fingerprint density at radius 3 is 2.79 bits per heavy atom. The van der Waals surface area contributed by atoms with Crippen molar-refractivity contribution < 1.29 is 14.1 Å². The van der Waals surface area contributed by atoms with Gasteiger partial charge < -0.3 is 14.2 Å². The molecule has 124 valence electrons. The maximum absolute atomic E-state index is 12.7. The van der Waals surface area contributed by atoms with E-state index in [0.29, 0.717) is 34.3 Å². The van der Waals surface area contributed by atoms with Crippen molar-refractivity contribution in [2.24, 2.45) is 0 Å². The molecular formula is C17H17N3O3S. The lowest BCUT2D eigenvalue weighted by Crippen LogP contribution is -2.48. The normalized spacial score (nSPS) is 21.3. The van der Waals surface area contributed by atoms with Crippen molar-refractivity contribution in [3.63, 3.8) is 0 Å². The molecule has 1 saturated heterocycles. The smallest absolute Gasteiger partial charge is 0.265 e. The second-order valence-electron chi connectivity index (χ2n) is 6.02. The highest BCUT2D eigenvalue weighted by Crippen LogP contribution is 2.31. The molecule has 6 nitrogen and oxygen atoms in total. The summed E-state index contributed by atoms with van der Waals surface area (Å²) in [6, 6.07) is 7.63. The minimum atomic E-state index is -0.00597. The van der Waals surface area contributed by atoms with Crippen molar-refractivity contribution in [2.75, 3.05) is 13.1 Å². The quantitative estimate of drug-likeness (QED) is 0.715. The maximum Gasteiger partial charge on any atom is 0.265 e. The summed E-state index contributed by atoms with van der Waals surface area (Å²) in [5, 5.41) is 5.70. The maximum atomic E-state index is 12.7. The summed E-state index contributed by atoms with van der Waals surface area (Å²) in [4.78, 5) is 19.6. The molecule has 0 bridgehead atoms. The van der Waals surface area contributed by atoms with Crippen LogP contribution < -0.4 is 0 Å². The number of carbonyl (C=O) groups is 1. The minimum absolute atomic E-state index is 0.00597. The van der Waals surface area contributed by atoms with E-state index in [1.807, 2.05) is 43.0 Å². The third kappa shape index (κ3) is 2.70. The van der Waals surface area contributed by atoms with Gasteiger partial charge in [0.2, 0.25) is 0 Å². The van der Waals surface area contributed by atoms with Gasteiger partial charge >= 0.3 is 0 Å². The summed E-state index contributed by atoms with van der Waals surface area (Å²) in [5.74, 6) is -0.00597. The SMILES string of the molecule is CC1CN(C(=O)c2cnc(-c3noc4ccccc34)s2)CC(C)O1. The summed E-state index contributed by atoms with van der Waals surface area (Å²) in [7, 11) is 0. The molecule has 0 N–H and O–H groups in total. The van der Waals surface area contributed by atoms with Crippen LogP contribution in [0.5, 0.6) is 0 Å². The van der Waals surface area contributed by atoms with Crippen molar-refractivity contribution in [1.82, 2.24) is 15.0 Å². The number of ether oxygens (including phenoxy) is 1. The molecule has 3 heterocycles. The zero-order chi connectivity index (χ0) is 16.7. The molecule has 0 radical (unpaired) electrons. The fourth-order valence-corrected chi connectivity index (χ4v) is 3.90. The van der Waals surface area contributed by atoms with E-state index in [1.54, 1.807) is 6.20 Å². The number of amides is 1. The van der Waals surface area contributed by atoms with Crippen LogP contribution in [0.25, 0.3) is 21.7 Å². The molecule has 0 spiro atoms. The first-order chi connectivity index (χ1) is 11.6. The molecular weight excluding hydrogens is 326 g/mol. The molecule has 2 atom stereocenters. The van der Waals surface area contributed by atoms with Gasteiger partial charge in [0.15, 0.2) is 5.58 Å². The Balaban J connectivity index is 1.62. The summed E-state index contributed by atoms with van der Waals surface area (Å²) in [5.41, 5.74) is 1.39. The van der Waals surface area contributed by atoms with Crippen molar-refractivity contribution in [2.45, 2.75) is 26.1 Å². The van der Waals surface area contributed by atoms with E-state index < -0.39 is 0 Å². The van der Waals surface area contributed by atoms with Gasteiger partial charge in [-0.1, -0.05) is 17.3 Å².